The van der Waals surface area contributed by atoms with Crippen molar-refractivity contribution in [2.45, 2.75) is 25.8 Å². The van der Waals surface area contributed by atoms with Crippen LogP contribution in [0.3, 0.4) is 0 Å². The van der Waals surface area contributed by atoms with Crippen molar-refractivity contribution >= 4 is 17.3 Å². The van der Waals surface area contributed by atoms with Crippen molar-refractivity contribution in [3.05, 3.63) is 89.5 Å². The monoisotopic (exact) mass is 443 g/mol. The lowest BCUT2D eigenvalue weighted by Gasteiger charge is -2.31. The molecule has 1 aliphatic rings. The standard InChI is InChI=1S/C28H33N3O2/c1-4-33-25-15-9-21(10-16-25)19-28(32)29-20-27(23-11-13-24(14-12-23)30(2)3)31-18-17-22-7-5-6-8-26(22)31/h5-16,27H,4,17-20H2,1-3H3,(H,29,32). The minimum absolute atomic E-state index is 0.0292. The first-order valence-electron chi connectivity index (χ1n) is 11.7. The summed E-state index contributed by atoms with van der Waals surface area (Å²) in [7, 11) is 4.09. The molecule has 3 aromatic rings. The fourth-order valence-electron chi connectivity index (χ4n) is 4.42. The molecule has 0 saturated carbocycles. The number of benzene rings is 3. The molecule has 0 saturated heterocycles. The molecule has 1 atom stereocenters. The molecule has 0 radical (unpaired) electrons. The Morgan fingerprint density at radius 1 is 1.03 bits per heavy atom. The van der Waals surface area contributed by atoms with Gasteiger partial charge in [0.25, 0.3) is 0 Å². The number of para-hydroxylation sites is 1. The van der Waals surface area contributed by atoms with E-state index in [2.05, 4.69) is 63.6 Å². The van der Waals surface area contributed by atoms with Gasteiger partial charge in [-0.2, -0.15) is 0 Å². The van der Waals surface area contributed by atoms with Crippen LogP contribution in [0.2, 0.25) is 0 Å². The van der Waals surface area contributed by atoms with E-state index in [4.69, 9.17) is 4.74 Å². The van der Waals surface area contributed by atoms with Crippen LogP contribution in [0.1, 0.15) is 29.7 Å². The maximum absolute atomic E-state index is 12.8. The number of fused-ring (bicyclic) bond motifs is 1. The zero-order valence-electron chi connectivity index (χ0n) is 19.8. The Balaban J connectivity index is 1.48. The molecule has 1 unspecified atom stereocenters. The number of hydrogen-bond donors (Lipinski definition) is 1. The second kappa shape index (κ2) is 10.4. The van der Waals surface area contributed by atoms with Crippen molar-refractivity contribution in [2.75, 3.05) is 43.6 Å². The van der Waals surface area contributed by atoms with Crippen molar-refractivity contribution in [1.29, 1.82) is 0 Å². The second-order valence-electron chi connectivity index (χ2n) is 8.63. The van der Waals surface area contributed by atoms with Gasteiger partial charge < -0.3 is 19.9 Å². The van der Waals surface area contributed by atoms with E-state index in [1.54, 1.807) is 0 Å². The highest BCUT2D eigenvalue weighted by Gasteiger charge is 2.27. The van der Waals surface area contributed by atoms with Crippen molar-refractivity contribution in [1.82, 2.24) is 5.32 Å². The minimum Gasteiger partial charge on any atom is -0.494 e. The maximum Gasteiger partial charge on any atom is 0.224 e. The third-order valence-corrected chi connectivity index (χ3v) is 6.19. The molecule has 33 heavy (non-hydrogen) atoms. The number of carbonyl (C=O) groups excluding carboxylic acids is 1. The summed E-state index contributed by atoms with van der Waals surface area (Å²) in [5.74, 6) is 0.858. The van der Waals surface area contributed by atoms with Crippen LogP contribution in [0, 0.1) is 0 Å². The van der Waals surface area contributed by atoms with Gasteiger partial charge in [-0.25, -0.2) is 0 Å². The van der Waals surface area contributed by atoms with Crippen molar-refractivity contribution in [3.8, 4) is 5.75 Å². The number of anilines is 2. The summed E-state index contributed by atoms with van der Waals surface area (Å²) in [5, 5.41) is 3.19. The third kappa shape index (κ3) is 5.48. The van der Waals surface area contributed by atoms with Crippen LogP contribution in [0.15, 0.2) is 72.8 Å². The minimum atomic E-state index is 0.0292. The van der Waals surface area contributed by atoms with Gasteiger partial charge in [0.05, 0.1) is 19.1 Å². The molecule has 0 bridgehead atoms. The molecule has 0 spiro atoms. The molecule has 0 fully saturated rings. The first-order chi connectivity index (χ1) is 16.0. The topological polar surface area (TPSA) is 44.8 Å². The van der Waals surface area contributed by atoms with Crippen molar-refractivity contribution in [2.24, 2.45) is 0 Å². The van der Waals surface area contributed by atoms with E-state index in [1.807, 2.05) is 45.3 Å². The quantitative estimate of drug-likeness (QED) is 0.524. The summed E-state index contributed by atoms with van der Waals surface area (Å²) < 4.78 is 5.49. The number of nitrogens with zero attached hydrogens (tertiary/aromatic N) is 2. The average molecular weight is 444 g/mol. The Labute approximate surface area is 197 Å². The number of amides is 1. The zero-order valence-corrected chi connectivity index (χ0v) is 19.8. The summed E-state index contributed by atoms with van der Waals surface area (Å²) in [5.41, 5.74) is 5.99. The first kappa shape index (κ1) is 22.7. The fourth-order valence-corrected chi connectivity index (χ4v) is 4.42. The lowest BCUT2D eigenvalue weighted by molar-refractivity contribution is -0.120. The smallest absolute Gasteiger partial charge is 0.224 e. The molecule has 0 aromatic heterocycles. The van der Waals surface area contributed by atoms with Gasteiger partial charge in [0.1, 0.15) is 5.75 Å². The Morgan fingerprint density at radius 2 is 1.76 bits per heavy atom. The number of rotatable bonds is 9. The van der Waals surface area contributed by atoms with Crippen LogP contribution < -0.4 is 19.9 Å². The highest BCUT2D eigenvalue weighted by Crippen LogP contribution is 2.35. The van der Waals surface area contributed by atoms with E-state index in [1.165, 1.54) is 22.5 Å². The van der Waals surface area contributed by atoms with Gasteiger partial charge in [-0.05, 0) is 60.4 Å². The predicted molar refractivity (Wildman–Crippen MR) is 135 cm³/mol. The SMILES string of the molecule is CCOc1ccc(CC(=O)NCC(c2ccc(N(C)C)cc2)N2CCc3ccccc32)cc1. The Bertz CT molecular complexity index is 1060. The third-order valence-electron chi connectivity index (χ3n) is 6.19. The van der Waals surface area contributed by atoms with E-state index < -0.39 is 0 Å². The van der Waals surface area contributed by atoms with Gasteiger partial charge in [-0.1, -0.05) is 42.5 Å². The largest absolute Gasteiger partial charge is 0.494 e. The summed E-state index contributed by atoms with van der Waals surface area (Å²) in [6.45, 7) is 4.11. The van der Waals surface area contributed by atoms with Gasteiger partial charge in [0.2, 0.25) is 5.91 Å². The fraction of sp³-hybridized carbons (Fsp3) is 0.321. The van der Waals surface area contributed by atoms with Crippen LogP contribution in [0.25, 0.3) is 0 Å². The van der Waals surface area contributed by atoms with Gasteiger partial charge in [-0.3, -0.25) is 4.79 Å². The predicted octanol–water partition coefficient (Wildman–Crippen LogP) is 4.61. The number of ether oxygens (including phenoxy) is 1. The molecule has 5 heteroatoms. The van der Waals surface area contributed by atoms with Crippen molar-refractivity contribution in [3.63, 3.8) is 0 Å². The van der Waals surface area contributed by atoms with E-state index in [9.17, 15) is 4.79 Å². The van der Waals surface area contributed by atoms with Crippen LogP contribution in [0.4, 0.5) is 11.4 Å². The first-order valence-corrected chi connectivity index (χ1v) is 11.7. The normalized spacial score (nSPS) is 13.4. The maximum atomic E-state index is 12.8. The van der Waals surface area contributed by atoms with E-state index in [0.717, 1.165) is 24.3 Å². The van der Waals surface area contributed by atoms with Gasteiger partial charge >= 0.3 is 0 Å². The summed E-state index contributed by atoms with van der Waals surface area (Å²) >= 11 is 0. The number of carbonyl (C=O) groups is 1. The van der Waals surface area contributed by atoms with Crippen LogP contribution in [-0.2, 0) is 17.6 Å². The molecule has 4 rings (SSSR count). The summed E-state index contributed by atoms with van der Waals surface area (Å²) in [6, 6.07) is 25.1. The van der Waals surface area contributed by atoms with Gasteiger partial charge in [0, 0.05) is 38.6 Å². The van der Waals surface area contributed by atoms with E-state index in [0.29, 0.717) is 19.6 Å². The lowest BCUT2D eigenvalue weighted by Crippen LogP contribution is -2.38. The number of hydrogen-bond acceptors (Lipinski definition) is 4. The molecule has 1 N–H and O–H groups in total. The molecule has 1 amide bonds. The molecular formula is C28H33N3O2. The Hall–Kier alpha value is -3.47. The molecule has 172 valence electrons. The highest BCUT2D eigenvalue weighted by atomic mass is 16.5. The summed E-state index contributed by atoms with van der Waals surface area (Å²) in [6.07, 6.45) is 1.39. The van der Waals surface area contributed by atoms with Crippen LogP contribution in [-0.4, -0.2) is 39.7 Å². The Kier molecular flexibility index (Phi) is 7.18. The van der Waals surface area contributed by atoms with Crippen LogP contribution >= 0.6 is 0 Å². The van der Waals surface area contributed by atoms with Gasteiger partial charge in [0.15, 0.2) is 0 Å². The van der Waals surface area contributed by atoms with E-state index >= 15 is 0 Å². The van der Waals surface area contributed by atoms with Crippen LogP contribution in [0.5, 0.6) is 5.75 Å². The molecule has 5 nitrogen and oxygen atoms in total. The molecular weight excluding hydrogens is 410 g/mol. The molecule has 3 aromatic carbocycles. The second-order valence-corrected chi connectivity index (χ2v) is 8.63. The number of nitrogens with one attached hydrogen (secondary N) is 1. The molecule has 1 heterocycles. The lowest BCUT2D eigenvalue weighted by atomic mass is 10.0. The highest BCUT2D eigenvalue weighted by molar-refractivity contribution is 5.78. The van der Waals surface area contributed by atoms with Gasteiger partial charge in [-0.15, -0.1) is 0 Å². The summed E-state index contributed by atoms with van der Waals surface area (Å²) in [4.78, 5) is 17.3. The van der Waals surface area contributed by atoms with E-state index in [-0.39, 0.29) is 11.9 Å². The zero-order chi connectivity index (χ0) is 23.2. The Morgan fingerprint density at radius 3 is 2.45 bits per heavy atom. The molecule has 0 aliphatic carbocycles. The molecule has 1 aliphatic heterocycles. The average Bonchev–Trinajstić information content (AvgIpc) is 3.25. The van der Waals surface area contributed by atoms with Crippen molar-refractivity contribution < 1.29 is 9.53 Å².